The van der Waals surface area contributed by atoms with Crippen LogP contribution in [0.1, 0.15) is 41.0 Å². The summed E-state index contributed by atoms with van der Waals surface area (Å²) in [4.78, 5) is 0. The zero-order valence-corrected chi connectivity index (χ0v) is 12.4. The van der Waals surface area contributed by atoms with Crippen molar-refractivity contribution in [1.29, 1.82) is 0 Å². The minimum Gasteiger partial charge on any atom is -0.319 e. The Balaban J connectivity index is 2.09. The molecule has 0 aliphatic carbocycles. The highest BCUT2D eigenvalue weighted by Crippen LogP contribution is 2.17. The van der Waals surface area contributed by atoms with E-state index in [2.05, 4.69) is 55.3 Å². The van der Waals surface area contributed by atoms with Gasteiger partial charge in [-0.15, -0.1) is 10.2 Å². The van der Waals surface area contributed by atoms with E-state index in [-0.39, 0.29) is 6.04 Å². The van der Waals surface area contributed by atoms with Crippen LogP contribution in [0, 0.1) is 20.8 Å². The highest BCUT2D eigenvalue weighted by molar-refractivity contribution is 5.37. The molecule has 4 nitrogen and oxygen atoms in total. The Morgan fingerprint density at radius 2 is 1.84 bits per heavy atom. The lowest BCUT2D eigenvalue weighted by molar-refractivity contribution is 0.526. The molecule has 0 aliphatic rings. The van der Waals surface area contributed by atoms with Crippen LogP contribution in [0.2, 0.25) is 0 Å². The molecule has 0 spiro atoms. The molecule has 1 aromatic heterocycles. The average molecular weight is 258 g/mol. The van der Waals surface area contributed by atoms with Gasteiger partial charge < -0.3 is 9.88 Å². The Morgan fingerprint density at radius 1 is 1.21 bits per heavy atom. The van der Waals surface area contributed by atoms with E-state index in [4.69, 9.17) is 0 Å². The summed E-state index contributed by atoms with van der Waals surface area (Å²) in [7, 11) is 1.97. The van der Waals surface area contributed by atoms with E-state index in [0.29, 0.717) is 0 Å². The van der Waals surface area contributed by atoms with Crippen molar-refractivity contribution in [2.75, 3.05) is 0 Å². The molecule has 1 unspecified atom stereocenters. The molecule has 2 aromatic rings. The molecule has 19 heavy (non-hydrogen) atoms. The van der Waals surface area contributed by atoms with Gasteiger partial charge in [-0.05, 0) is 44.4 Å². The Labute approximate surface area is 114 Å². The number of rotatable bonds is 4. The third kappa shape index (κ3) is 3.01. The second-order valence-electron chi connectivity index (χ2n) is 5.28. The van der Waals surface area contributed by atoms with Gasteiger partial charge in [0.25, 0.3) is 0 Å². The van der Waals surface area contributed by atoms with E-state index in [1.54, 1.807) is 6.33 Å². The fraction of sp³-hybridized carbons (Fsp3) is 0.467. The standard InChI is InChI=1S/C15H22N4/c1-10-6-11(2)14(12(3)7-10)8-16-13(4)15-18-17-9-19(15)5/h6-7,9,13,16H,8H2,1-5H3. The van der Waals surface area contributed by atoms with E-state index in [1.807, 2.05) is 11.6 Å². The molecule has 1 heterocycles. The van der Waals surface area contributed by atoms with Gasteiger partial charge in [0, 0.05) is 13.6 Å². The topological polar surface area (TPSA) is 42.7 Å². The summed E-state index contributed by atoms with van der Waals surface area (Å²) in [5.74, 6) is 0.961. The van der Waals surface area contributed by atoms with Crippen molar-refractivity contribution in [2.24, 2.45) is 7.05 Å². The highest BCUT2D eigenvalue weighted by Gasteiger charge is 2.12. The van der Waals surface area contributed by atoms with Gasteiger partial charge in [-0.1, -0.05) is 17.7 Å². The van der Waals surface area contributed by atoms with Crippen LogP contribution in [0.5, 0.6) is 0 Å². The van der Waals surface area contributed by atoms with Crippen LogP contribution in [0.15, 0.2) is 18.5 Å². The summed E-state index contributed by atoms with van der Waals surface area (Å²) in [6.07, 6.45) is 1.73. The van der Waals surface area contributed by atoms with Crippen LogP contribution in [0.3, 0.4) is 0 Å². The van der Waals surface area contributed by atoms with Crippen molar-refractivity contribution >= 4 is 0 Å². The summed E-state index contributed by atoms with van der Waals surface area (Å²) in [6.45, 7) is 9.45. The number of hydrogen-bond donors (Lipinski definition) is 1. The quantitative estimate of drug-likeness (QED) is 0.916. The van der Waals surface area contributed by atoms with Gasteiger partial charge in [-0.3, -0.25) is 0 Å². The van der Waals surface area contributed by atoms with E-state index in [0.717, 1.165) is 12.4 Å². The maximum Gasteiger partial charge on any atom is 0.149 e. The minimum absolute atomic E-state index is 0.188. The number of aromatic nitrogens is 3. The van der Waals surface area contributed by atoms with Gasteiger partial charge in [0.1, 0.15) is 12.2 Å². The Hall–Kier alpha value is -1.68. The summed E-state index contributed by atoms with van der Waals surface area (Å²) in [6, 6.07) is 4.65. The van der Waals surface area contributed by atoms with Gasteiger partial charge in [0.05, 0.1) is 6.04 Å². The van der Waals surface area contributed by atoms with Gasteiger partial charge in [0.2, 0.25) is 0 Å². The lowest BCUT2D eigenvalue weighted by Crippen LogP contribution is -2.22. The summed E-state index contributed by atoms with van der Waals surface area (Å²) in [5.41, 5.74) is 5.38. The number of nitrogens with one attached hydrogen (secondary N) is 1. The molecule has 0 amide bonds. The fourth-order valence-electron chi connectivity index (χ4n) is 2.52. The summed E-state index contributed by atoms with van der Waals surface area (Å²) < 4.78 is 1.95. The van der Waals surface area contributed by atoms with Crippen molar-refractivity contribution in [1.82, 2.24) is 20.1 Å². The third-order valence-electron chi connectivity index (χ3n) is 3.56. The Kier molecular flexibility index (Phi) is 4.00. The van der Waals surface area contributed by atoms with Crippen LogP contribution in [-0.4, -0.2) is 14.8 Å². The molecule has 0 fully saturated rings. The molecule has 0 saturated carbocycles. The van der Waals surface area contributed by atoms with Gasteiger partial charge in [-0.25, -0.2) is 0 Å². The molecule has 0 aliphatic heterocycles. The Morgan fingerprint density at radius 3 is 2.37 bits per heavy atom. The first-order valence-corrected chi connectivity index (χ1v) is 6.63. The molecule has 102 valence electrons. The van der Waals surface area contributed by atoms with Crippen molar-refractivity contribution in [3.05, 3.63) is 46.5 Å². The first-order chi connectivity index (χ1) is 8.99. The summed E-state index contributed by atoms with van der Waals surface area (Å²) in [5, 5.41) is 11.6. The van der Waals surface area contributed by atoms with Crippen LogP contribution in [-0.2, 0) is 13.6 Å². The second kappa shape index (κ2) is 5.53. The monoisotopic (exact) mass is 258 g/mol. The molecule has 2 rings (SSSR count). The predicted molar refractivity (Wildman–Crippen MR) is 76.9 cm³/mol. The van der Waals surface area contributed by atoms with Gasteiger partial charge >= 0.3 is 0 Å². The van der Waals surface area contributed by atoms with Crippen LogP contribution < -0.4 is 5.32 Å². The molecule has 1 atom stereocenters. The van der Waals surface area contributed by atoms with E-state index >= 15 is 0 Å². The number of benzene rings is 1. The van der Waals surface area contributed by atoms with E-state index in [9.17, 15) is 0 Å². The van der Waals surface area contributed by atoms with Gasteiger partial charge in [-0.2, -0.15) is 0 Å². The van der Waals surface area contributed by atoms with Crippen LogP contribution in [0.25, 0.3) is 0 Å². The van der Waals surface area contributed by atoms with Crippen molar-refractivity contribution < 1.29 is 0 Å². The third-order valence-corrected chi connectivity index (χ3v) is 3.56. The van der Waals surface area contributed by atoms with E-state index < -0.39 is 0 Å². The molecular formula is C15H22N4. The molecule has 1 N–H and O–H groups in total. The summed E-state index contributed by atoms with van der Waals surface area (Å²) >= 11 is 0. The largest absolute Gasteiger partial charge is 0.319 e. The lowest BCUT2D eigenvalue weighted by atomic mass is 9.99. The fourth-order valence-corrected chi connectivity index (χ4v) is 2.52. The first-order valence-electron chi connectivity index (χ1n) is 6.63. The zero-order chi connectivity index (χ0) is 14.0. The molecular weight excluding hydrogens is 236 g/mol. The first kappa shape index (κ1) is 13.7. The molecule has 0 saturated heterocycles. The Bertz CT molecular complexity index is 548. The smallest absolute Gasteiger partial charge is 0.149 e. The predicted octanol–water partition coefficient (Wildman–Crippen LogP) is 2.59. The van der Waals surface area contributed by atoms with E-state index in [1.165, 1.54) is 22.3 Å². The van der Waals surface area contributed by atoms with Crippen LogP contribution in [0.4, 0.5) is 0 Å². The maximum absolute atomic E-state index is 4.14. The second-order valence-corrected chi connectivity index (χ2v) is 5.28. The number of hydrogen-bond acceptors (Lipinski definition) is 3. The van der Waals surface area contributed by atoms with Crippen LogP contribution >= 0.6 is 0 Å². The number of nitrogens with zero attached hydrogens (tertiary/aromatic N) is 3. The molecule has 0 radical (unpaired) electrons. The van der Waals surface area contributed by atoms with Crippen molar-refractivity contribution in [3.8, 4) is 0 Å². The molecule has 0 bridgehead atoms. The highest BCUT2D eigenvalue weighted by atomic mass is 15.3. The minimum atomic E-state index is 0.188. The normalized spacial score (nSPS) is 12.7. The van der Waals surface area contributed by atoms with Crippen molar-refractivity contribution in [3.63, 3.8) is 0 Å². The molecule has 4 heteroatoms. The average Bonchev–Trinajstić information content (AvgIpc) is 2.73. The number of aryl methyl sites for hydroxylation is 4. The lowest BCUT2D eigenvalue weighted by Gasteiger charge is -2.16. The van der Waals surface area contributed by atoms with Crippen molar-refractivity contribution in [2.45, 2.75) is 40.3 Å². The van der Waals surface area contributed by atoms with Gasteiger partial charge in [0.15, 0.2) is 0 Å². The SMILES string of the molecule is Cc1cc(C)c(CNC(C)c2nncn2C)c(C)c1. The maximum atomic E-state index is 4.14. The molecule has 1 aromatic carbocycles. The zero-order valence-electron chi connectivity index (χ0n) is 12.4.